The minimum Gasteiger partial charge on any atom is -0.368 e. The molecule has 2 aromatic heterocycles. The molecule has 182 valence electrons. The molecule has 35 heavy (non-hydrogen) atoms. The SMILES string of the molecule is O=C(c1ccc(-c2ccccn2)s1)N1CCN(c2ccc3c(c2)CCN(C2CCCC2)CC3)CC1. The molecule has 1 amide bonds. The second kappa shape index (κ2) is 10.1. The van der Waals surface area contributed by atoms with Crippen LogP contribution in [0.15, 0.2) is 54.7 Å². The van der Waals surface area contributed by atoms with Gasteiger partial charge in [-0.2, -0.15) is 0 Å². The van der Waals surface area contributed by atoms with Crippen LogP contribution in [0.1, 0.15) is 46.5 Å². The standard InChI is InChI=1S/C29H34N4OS/c34-29(28-11-10-27(35-28)26-7-3-4-14-30-26)33-19-17-32(18-20-33)25-9-8-22-12-15-31(16-13-23(22)21-25)24-5-1-2-6-24/h3-4,7-11,14,21,24H,1-2,5-6,12-13,15-20H2. The molecule has 1 saturated heterocycles. The number of rotatable bonds is 4. The van der Waals surface area contributed by atoms with E-state index < -0.39 is 0 Å². The predicted octanol–water partition coefficient (Wildman–Crippen LogP) is 5.12. The lowest BCUT2D eigenvalue weighted by atomic mass is 10.0. The Morgan fingerprint density at radius 1 is 0.857 bits per heavy atom. The number of pyridine rings is 1. The molecule has 4 heterocycles. The molecule has 6 rings (SSSR count). The van der Waals surface area contributed by atoms with E-state index in [2.05, 4.69) is 33.0 Å². The average Bonchev–Trinajstić information content (AvgIpc) is 3.59. The number of thiophene rings is 1. The van der Waals surface area contributed by atoms with Crippen LogP contribution in [0.25, 0.3) is 10.6 Å². The summed E-state index contributed by atoms with van der Waals surface area (Å²) in [5.74, 6) is 0.144. The molecule has 5 nitrogen and oxygen atoms in total. The van der Waals surface area contributed by atoms with E-state index >= 15 is 0 Å². The van der Waals surface area contributed by atoms with Gasteiger partial charge in [-0.05, 0) is 73.2 Å². The summed E-state index contributed by atoms with van der Waals surface area (Å²) in [6.45, 7) is 5.71. The lowest BCUT2D eigenvalue weighted by molar-refractivity contribution is 0.0751. The van der Waals surface area contributed by atoms with Crippen LogP contribution in [-0.2, 0) is 12.8 Å². The van der Waals surface area contributed by atoms with Crippen molar-refractivity contribution in [3.05, 3.63) is 70.7 Å². The van der Waals surface area contributed by atoms with E-state index in [9.17, 15) is 4.79 Å². The summed E-state index contributed by atoms with van der Waals surface area (Å²) >= 11 is 1.54. The highest BCUT2D eigenvalue weighted by Gasteiger charge is 2.26. The van der Waals surface area contributed by atoms with E-state index in [1.165, 1.54) is 62.0 Å². The highest BCUT2D eigenvalue weighted by molar-refractivity contribution is 7.17. The van der Waals surface area contributed by atoms with Gasteiger partial charge in [0.15, 0.2) is 0 Å². The van der Waals surface area contributed by atoms with Gasteiger partial charge < -0.3 is 9.80 Å². The Labute approximate surface area is 212 Å². The van der Waals surface area contributed by atoms with Crippen LogP contribution in [0, 0.1) is 0 Å². The van der Waals surface area contributed by atoms with Gasteiger partial charge in [-0.25, -0.2) is 0 Å². The minimum absolute atomic E-state index is 0.144. The molecule has 2 fully saturated rings. The monoisotopic (exact) mass is 486 g/mol. The second-order valence-electron chi connectivity index (χ2n) is 10.1. The Bertz CT molecular complexity index is 1160. The number of nitrogens with zero attached hydrogens (tertiary/aromatic N) is 4. The number of carbonyl (C=O) groups is 1. The lowest BCUT2D eigenvalue weighted by Gasteiger charge is -2.36. The van der Waals surface area contributed by atoms with E-state index in [-0.39, 0.29) is 5.91 Å². The maximum Gasteiger partial charge on any atom is 0.264 e. The van der Waals surface area contributed by atoms with Crippen LogP contribution >= 0.6 is 11.3 Å². The average molecular weight is 487 g/mol. The number of aromatic nitrogens is 1. The quantitative estimate of drug-likeness (QED) is 0.513. The van der Waals surface area contributed by atoms with Crippen LogP contribution in [0.5, 0.6) is 0 Å². The molecule has 0 N–H and O–H groups in total. The fourth-order valence-electron chi connectivity index (χ4n) is 5.98. The maximum atomic E-state index is 13.1. The normalized spacial score (nSPS) is 19.5. The summed E-state index contributed by atoms with van der Waals surface area (Å²) in [6.07, 6.45) is 9.73. The van der Waals surface area contributed by atoms with Crippen molar-refractivity contribution in [2.24, 2.45) is 0 Å². The van der Waals surface area contributed by atoms with Crippen LogP contribution in [0.4, 0.5) is 5.69 Å². The summed E-state index contributed by atoms with van der Waals surface area (Å²) in [7, 11) is 0. The van der Waals surface area contributed by atoms with Gasteiger partial charge in [-0.1, -0.05) is 25.0 Å². The number of hydrogen-bond donors (Lipinski definition) is 0. The summed E-state index contributed by atoms with van der Waals surface area (Å²) in [5.41, 5.74) is 5.31. The van der Waals surface area contributed by atoms with Gasteiger partial charge in [0.05, 0.1) is 15.4 Å². The van der Waals surface area contributed by atoms with Crippen LogP contribution in [-0.4, -0.2) is 66.0 Å². The Kier molecular flexibility index (Phi) is 6.57. The van der Waals surface area contributed by atoms with Crippen molar-refractivity contribution in [3.63, 3.8) is 0 Å². The summed E-state index contributed by atoms with van der Waals surface area (Å²) in [4.78, 5) is 26.6. The fraction of sp³-hybridized carbons (Fsp3) is 0.448. The molecule has 0 spiro atoms. The molecule has 1 aliphatic carbocycles. The first-order chi connectivity index (χ1) is 17.2. The number of piperazine rings is 1. The van der Waals surface area contributed by atoms with Gasteiger partial charge in [0.25, 0.3) is 5.91 Å². The summed E-state index contributed by atoms with van der Waals surface area (Å²) in [5, 5.41) is 0. The first kappa shape index (κ1) is 22.7. The van der Waals surface area contributed by atoms with Crippen molar-refractivity contribution < 1.29 is 4.79 Å². The molecule has 0 unspecified atom stereocenters. The van der Waals surface area contributed by atoms with Crippen LogP contribution in [0.3, 0.4) is 0 Å². The lowest BCUT2D eigenvalue weighted by Crippen LogP contribution is -2.48. The van der Waals surface area contributed by atoms with E-state index in [0.717, 1.165) is 54.1 Å². The highest BCUT2D eigenvalue weighted by Crippen LogP contribution is 2.30. The smallest absolute Gasteiger partial charge is 0.264 e. The van der Waals surface area contributed by atoms with Crippen molar-refractivity contribution in [2.75, 3.05) is 44.2 Å². The molecule has 3 aliphatic rings. The zero-order valence-corrected chi connectivity index (χ0v) is 21.2. The third kappa shape index (κ3) is 4.87. The molecule has 0 atom stereocenters. The van der Waals surface area contributed by atoms with Crippen molar-refractivity contribution in [3.8, 4) is 10.6 Å². The number of carbonyl (C=O) groups excluding carboxylic acids is 1. The Balaban J connectivity index is 1.07. The zero-order valence-electron chi connectivity index (χ0n) is 20.4. The van der Waals surface area contributed by atoms with Gasteiger partial charge in [0.1, 0.15) is 0 Å². The number of anilines is 1. The number of hydrogen-bond acceptors (Lipinski definition) is 5. The molecule has 0 radical (unpaired) electrons. The van der Waals surface area contributed by atoms with E-state index in [4.69, 9.17) is 0 Å². The van der Waals surface area contributed by atoms with E-state index in [1.54, 1.807) is 17.5 Å². The number of benzene rings is 1. The van der Waals surface area contributed by atoms with Gasteiger partial charge in [0.2, 0.25) is 0 Å². The second-order valence-corrected chi connectivity index (χ2v) is 11.2. The van der Waals surface area contributed by atoms with E-state index in [0.29, 0.717) is 0 Å². The van der Waals surface area contributed by atoms with E-state index in [1.807, 2.05) is 35.2 Å². The number of amides is 1. The minimum atomic E-state index is 0.144. The summed E-state index contributed by atoms with van der Waals surface area (Å²) < 4.78 is 0. The molecular formula is C29H34N4OS. The zero-order chi connectivity index (χ0) is 23.6. The topological polar surface area (TPSA) is 39.7 Å². The first-order valence-electron chi connectivity index (χ1n) is 13.2. The van der Waals surface area contributed by atoms with Crippen molar-refractivity contribution in [2.45, 2.75) is 44.6 Å². The highest BCUT2D eigenvalue weighted by atomic mass is 32.1. The fourth-order valence-corrected chi connectivity index (χ4v) is 6.93. The largest absolute Gasteiger partial charge is 0.368 e. The Morgan fingerprint density at radius 3 is 2.43 bits per heavy atom. The molecule has 0 bridgehead atoms. The van der Waals surface area contributed by atoms with Gasteiger partial charge in [-0.3, -0.25) is 14.7 Å². The van der Waals surface area contributed by atoms with Crippen molar-refractivity contribution in [1.29, 1.82) is 0 Å². The third-order valence-electron chi connectivity index (χ3n) is 8.03. The molecule has 6 heteroatoms. The predicted molar refractivity (Wildman–Crippen MR) is 143 cm³/mol. The Hall–Kier alpha value is -2.70. The molecule has 3 aromatic rings. The van der Waals surface area contributed by atoms with Crippen molar-refractivity contribution in [1.82, 2.24) is 14.8 Å². The molecule has 2 aliphatic heterocycles. The van der Waals surface area contributed by atoms with Crippen LogP contribution < -0.4 is 4.90 Å². The van der Waals surface area contributed by atoms with Crippen LogP contribution in [0.2, 0.25) is 0 Å². The number of fused-ring (bicyclic) bond motifs is 1. The van der Waals surface area contributed by atoms with Gasteiger partial charge in [-0.15, -0.1) is 11.3 Å². The molecule has 1 saturated carbocycles. The molecule has 1 aromatic carbocycles. The van der Waals surface area contributed by atoms with Crippen molar-refractivity contribution >= 4 is 22.9 Å². The maximum absolute atomic E-state index is 13.1. The Morgan fingerprint density at radius 2 is 1.66 bits per heavy atom. The van der Waals surface area contributed by atoms with Gasteiger partial charge >= 0.3 is 0 Å². The first-order valence-corrected chi connectivity index (χ1v) is 14.0. The third-order valence-corrected chi connectivity index (χ3v) is 9.13. The van der Waals surface area contributed by atoms with Gasteiger partial charge in [0, 0.05) is 57.2 Å². The molecular weight excluding hydrogens is 452 g/mol. The summed E-state index contributed by atoms with van der Waals surface area (Å²) in [6, 6.07) is 17.8.